The van der Waals surface area contributed by atoms with Crippen molar-refractivity contribution < 1.29 is 4.39 Å². The van der Waals surface area contributed by atoms with Crippen LogP contribution in [0.4, 0.5) is 4.39 Å². The van der Waals surface area contributed by atoms with Crippen molar-refractivity contribution in [1.82, 2.24) is 4.98 Å². The molecule has 1 aromatic heterocycles. The lowest BCUT2D eigenvalue weighted by molar-refractivity contribution is 0.619. The molecule has 0 fully saturated rings. The van der Waals surface area contributed by atoms with Gasteiger partial charge in [-0.15, -0.1) is 0 Å². The van der Waals surface area contributed by atoms with E-state index in [1.54, 1.807) is 0 Å². The molecule has 0 aliphatic rings. The van der Waals surface area contributed by atoms with E-state index in [2.05, 4.69) is 11.1 Å². The molecule has 0 spiro atoms. The summed E-state index contributed by atoms with van der Waals surface area (Å²) < 4.78 is 12.2. The molecule has 4 heteroatoms. The maximum Gasteiger partial charge on any atom is 0.168 e. The molecular weight excluding hydrogens is 164 g/mol. The summed E-state index contributed by atoms with van der Waals surface area (Å²) >= 11 is 10.5. The highest BCUT2D eigenvalue weighted by Gasteiger charge is 1.99. The first-order valence-electron chi connectivity index (χ1n) is 2.09. The second-order valence-corrected chi connectivity index (χ2v) is 2.07. The second-order valence-electron chi connectivity index (χ2n) is 1.33. The van der Waals surface area contributed by atoms with E-state index < -0.39 is 5.82 Å². The van der Waals surface area contributed by atoms with Crippen molar-refractivity contribution in [3.05, 3.63) is 28.3 Å². The zero-order valence-corrected chi connectivity index (χ0v) is 5.67. The van der Waals surface area contributed by atoms with Gasteiger partial charge in [-0.05, 0) is 6.07 Å². The molecule has 0 N–H and O–H groups in total. The van der Waals surface area contributed by atoms with Gasteiger partial charge in [-0.2, -0.15) is 0 Å². The Morgan fingerprint density at radius 1 is 1.56 bits per heavy atom. The van der Waals surface area contributed by atoms with Gasteiger partial charge in [0.05, 0.1) is 0 Å². The van der Waals surface area contributed by atoms with E-state index >= 15 is 0 Å². The van der Waals surface area contributed by atoms with Crippen LogP contribution in [-0.4, -0.2) is 4.98 Å². The van der Waals surface area contributed by atoms with Gasteiger partial charge in [-0.3, -0.25) is 0 Å². The van der Waals surface area contributed by atoms with Gasteiger partial charge in [-0.1, -0.05) is 23.2 Å². The third kappa shape index (κ3) is 1.53. The Morgan fingerprint density at radius 2 is 2.22 bits per heavy atom. The van der Waals surface area contributed by atoms with Gasteiger partial charge in [0.15, 0.2) is 11.0 Å². The number of rotatable bonds is 0. The lowest BCUT2D eigenvalue weighted by Crippen LogP contribution is -1.81. The van der Waals surface area contributed by atoms with Gasteiger partial charge in [0, 0.05) is 6.07 Å². The van der Waals surface area contributed by atoms with Crippen LogP contribution in [0.15, 0.2) is 6.07 Å². The zero-order chi connectivity index (χ0) is 6.85. The van der Waals surface area contributed by atoms with Crippen LogP contribution in [0.3, 0.4) is 0 Å². The van der Waals surface area contributed by atoms with Crippen LogP contribution in [0.1, 0.15) is 0 Å². The number of nitrogens with zero attached hydrogens (tertiary/aromatic N) is 1. The highest BCUT2D eigenvalue weighted by Crippen LogP contribution is 2.13. The van der Waals surface area contributed by atoms with Crippen molar-refractivity contribution in [3.8, 4) is 0 Å². The third-order valence-electron chi connectivity index (χ3n) is 0.704. The van der Waals surface area contributed by atoms with Crippen molar-refractivity contribution in [1.29, 1.82) is 0 Å². The molecule has 0 aliphatic carbocycles. The molecule has 1 heterocycles. The summed E-state index contributed by atoms with van der Waals surface area (Å²) in [4.78, 5) is 3.40. The van der Waals surface area contributed by atoms with Gasteiger partial charge in [0.25, 0.3) is 0 Å². The summed E-state index contributed by atoms with van der Waals surface area (Å²) in [6.07, 6.45) is 0. The van der Waals surface area contributed by atoms with Gasteiger partial charge < -0.3 is 0 Å². The Morgan fingerprint density at radius 3 is 2.67 bits per heavy atom. The summed E-state index contributed by atoms with van der Waals surface area (Å²) in [6.45, 7) is 0. The predicted octanol–water partition coefficient (Wildman–Crippen LogP) is 2.33. The summed E-state index contributed by atoms with van der Waals surface area (Å²) in [7, 11) is 0. The minimum absolute atomic E-state index is 0.140. The maximum atomic E-state index is 12.2. The molecule has 0 aliphatic heterocycles. The zero-order valence-electron chi connectivity index (χ0n) is 4.16. The summed E-state index contributed by atoms with van der Waals surface area (Å²) in [5, 5.41) is -0.107. The fourth-order valence-electron chi connectivity index (χ4n) is 0.358. The molecule has 9 heavy (non-hydrogen) atoms. The van der Waals surface area contributed by atoms with E-state index in [0.717, 1.165) is 0 Å². The lowest BCUT2D eigenvalue weighted by atomic mass is 10.5. The topological polar surface area (TPSA) is 12.9 Å². The Hall–Kier alpha value is -0.340. The van der Waals surface area contributed by atoms with Crippen LogP contribution < -0.4 is 0 Å². The molecule has 0 saturated heterocycles. The molecule has 1 rings (SSSR count). The lowest BCUT2D eigenvalue weighted by Gasteiger charge is -1.89. The molecule has 1 aromatic rings. The van der Waals surface area contributed by atoms with Crippen LogP contribution in [0, 0.1) is 11.9 Å². The number of aromatic nitrogens is 1. The molecule has 47 valence electrons. The SMILES string of the molecule is Fc1[c]cc(Cl)nc1Cl. The van der Waals surface area contributed by atoms with Crippen molar-refractivity contribution in [3.63, 3.8) is 0 Å². The number of halogens is 3. The number of hydrogen-bond donors (Lipinski definition) is 0. The first-order valence-corrected chi connectivity index (χ1v) is 2.85. The Labute approximate surface area is 61.4 Å². The van der Waals surface area contributed by atoms with Crippen LogP contribution in [0.2, 0.25) is 10.3 Å². The van der Waals surface area contributed by atoms with E-state index in [-0.39, 0.29) is 10.3 Å². The predicted molar refractivity (Wildman–Crippen MR) is 33.1 cm³/mol. The third-order valence-corrected chi connectivity index (χ3v) is 1.15. The maximum absolute atomic E-state index is 12.2. The smallest absolute Gasteiger partial charge is 0.168 e. The number of pyridine rings is 1. The van der Waals surface area contributed by atoms with E-state index in [1.807, 2.05) is 0 Å². The Kier molecular flexibility index (Phi) is 1.88. The monoisotopic (exact) mass is 164 g/mol. The molecule has 1 nitrogen and oxygen atoms in total. The van der Waals surface area contributed by atoms with Gasteiger partial charge in [0.2, 0.25) is 0 Å². The fourth-order valence-corrected chi connectivity index (χ4v) is 0.686. The molecule has 1 radical (unpaired) electrons. The van der Waals surface area contributed by atoms with Crippen molar-refractivity contribution in [2.45, 2.75) is 0 Å². The molecular formula is C5HCl2FN. The molecule has 0 atom stereocenters. The first kappa shape index (κ1) is 6.78. The highest BCUT2D eigenvalue weighted by atomic mass is 35.5. The quantitative estimate of drug-likeness (QED) is 0.537. The van der Waals surface area contributed by atoms with Crippen LogP contribution in [-0.2, 0) is 0 Å². The summed E-state index contributed by atoms with van der Waals surface area (Å²) in [5.74, 6) is -0.680. The molecule has 0 unspecified atom stereocenters. The Bertz CT molecular complexity index is 226. The van der Waals surface area contributed by atoms with Gasteiger partial charge in [-0.25, -0.2) is 9.37 Å². The van der Waals surface area contributed by atoms with Gasteiger partial charge >= 0.3 is 0 Å². The normalized spacial score (nSPS) is 9.67. The minimum atomic E-state index is -0.680. The van der Waals surface area contributed by atoms with Crippen molar-refractivity contribution in [2.24, 2.45) is 0 Å². The average molecular weight is 165 g/mol. The summed E-state index contributed by atoms with van der Waals surface area (Å²) in [5.41, 5.74) is 0. The van der Waals surface area contributed by atoms with E-state index in [9.17, 15) is 4.39 Å². The average Bonchev–Trinajstić information content (AvgIpc) is 1.80. The van der Waals surface area contributed by atoms with Crippen LogP contribution in [0.5, 0.6) is 0 Å². The van der Waals surface area contributed by atoms with E-state index in [1.165, 1.54) is 6.07 Å². The highest BCUT2D eigenvalue weighted by molar-refractivity contribution is 6.32. The summed E-state index contributed by atoms with van der Waals surface area (Å²) in [6, 6.07) is 3.39. The van der Waals surface area contributed by atoms with Gasteiger partial charge in [0.1, 0.15) is 5.15 Å². The Balaban J connectivity index is 3.17. The van der Waals surface area contributed by atoms with Crippen LogP contribution in [0.25, 0.3) is 0 Å². The van der Waals surface area contributed by atoms with E-state index in [0.29, 0.717) is 0 Å². The second kappa shape index (κ2) is 2.50. The molecule has 0 aromatic carbocycles. The van der Waals surface area contributed by atoms with Crippen LogP contribution >= 0.6 is 23.2 Å². The van der Waals surface area contributed by atoms with Crippen molar-refractivity contribution in [2.75, 3.05) is 0 Å². The molecule has 0 saturated carbocycles. The first-order chi connectivity index (χ1) is 4.20. The number of hydrogen-bond acceptors (Lipinski definition) is 1. The standard InChI is InChI=1S/C5HCl2FN/c6-4-2-1-3(8)5(7)9-4/h2H. The molecule has 0 bridgehead atoms. The fraction of sp³-hybridized carbons (Fsp3) is 0. The van der Waals surface area contributed by atoms with Crippen molar-refractivity contribution >= 4 is 23.2 Å². The minimum Gasteiger partial charge on any atom is -0.221 e. The largest absolute Gasteiger partial charge is 0.221 e. The van der Waals surface area contributed by atoms with E-state index in [4.69, 9.17) is 23.2 Å². The molecule has 0 amide bonds.